The van der Waals surface area contributed by atoms with Gasteiger partial charge in [-0.15, -0.1) is 0 Å². The molecule has 242 valence electrons. The van der Waals surface area contributed by atoms with E-state index in [4.69, 9.17) is 9.47 Å². The third kappa shape index (κ3) is 8.33. The molecule has 0 N–H and O–H groups in total. The smallest absolute Gasteiger partial charge is 0.273 e. The van der Waals surface area contributed by atoms with E-state index in [1.54, 1.807) is 20.4 Å². The van der Waals surface area contributed by atoms with Crippen LogP contribution >= 0.6 is 11.3 Å². The zero-order chi connectivity index (χ0) is 32.1. The van der Waals surface area contributed by atoms with Crippen molar-refractivity contribution in [2.45, 2.75) is 64.2 Å². The number of nitrogens with zero attached hydrogens (tertiary/aromatic N) is 2. The van der Waals surface area contributed by atoms with Crippen LogP contribution in [0.1, 0.15) is 68.4 Å². The van der Waals surface area contributed by atoms with Gasteiger partial charge in [0.1, 0.15) is 11.5 Å². The third-order valence-corrected chi connectivity index (χ3v) is 11.3. The number of benzene rings is 2. The SMILES string of the molecule is COc1ncc(-c2cccc(N(CC3CCC(c4ccc(OC)c(C)c4)CC3)C(=O)C3CCC(C(=O)CS(C)(=O)=O)CC3)c2)s1. The van der Waals surface area contributed by atoms with E-state index in [2.05, 4.69) is 36.2 Å². The van der Waals surface area contributed by atoms with Crippen LogP contribution in [-0.4, -0.2) is 57.9 Å². The number of aromatic nitrogens is 1. The van der Waals surface area contributed by atoms with Crippen molar-refractivity contribution in [3.8, 4) is 21.4 Å². The molecule has 2 fully saturated rings. The zero-order valence-electron chi connectivity index (χ0n) is 26.7. The molecule has 0 bridgehead atoms. The van der Waals surface area contributed by atoms with Crippen molar-refractivity contribution in [3.05, 3.63) is 59.8 Å². The molecule has 3 aromatic rings. The summed E-state index contributed by atoms with van der Waals surface area (Å²) < 4.78 is 34.1. The standard InChI is InChI=1S/C35H44N2O6S2/c1-23-18-28(16-17-32(23)42-2)25-10-8-24(9-11-25)21-37(30-7-5-6-29(19-30)33-20-36-35(43-3)44-33)34(39)27-14-12-26(13-15-27)31(38)22-45(4,40)41/h5-7,16-20,24-27H,8-15,21-22H2,1-4H3. The minimum absolute atomic E-state index is 0.0935. The molecular formula is C35H44N2O6S2. The Morgan fingerprint density at radius 2 is 1.64 bits per heavy atom. The highest BCUT2D eigenvalue weighted by atomic mass is 32.2. The van der Waals surface area contributed by atoms with Gasteiger partial charge in [-0.05, 0) is 105 Å². The average Bonchev–Trinajstić information content (AvgIpc) is 3.53. The first-order chi connectivity index (χ1) is 21.5. The molecule has 1 heterocycles. The normalized spacial score (nSPS) is 22.0. The Labute approximate surface area is 271 Å². The summed E-state index contributed by atoms with van der Waals surface area (Å²) in [5.74, 6) is 0.749. The Morgan fingerprint density at radius 1 is 0.933 bits per heavy atom. The number of aryl methyl sites for hydroxylation is 1. The second kappa shape index (κ2) is 14.5. The number of rotatable bonds is 11. The molecule has 0 atom stereocenters. The fourth-order valence-electron chi connectivity index (χ4n) is 6.99. The molecule has 2 aromatic carbocycles. The predicted molar refractivity (Wildman–Crippen MR) is 179 cm³/mol. The number of ketones is 1. The molecule has 2 aliphatic rings. The van der Waals surface area contributed by atoms with Crippen LogP contribution in [0.5, 0.6) is 10.9 Å². The van der Waals surface area contributed by atoms with E-state index in [9.17, 15) is 18.0 Å². The van der Waals surface area contributed by atoms with E-state index < -0.39 is 15.6 Å². The summed E-state index contributed by atoms with van der Waals surface area (Å²) >= 11 is 1.47. The van der Waals surface area contributed by atoms with Crippen molar-refractivity contribution in [2.75, 3.05) is 37.7 Å². The van der Waals surface area contributed by atoms with E-state index in [-0.39, 0.29) is 23.5 Å². The largest absolute Gasteiger partial charge is 0.496 e. The monoisotopic (exact) mass is 652 g/mol. The minimum atomic E-state index is -3.36. The lowest BCUT2D eigenvalue weighted by Crippen LogP contribution is -2.42. The summed E-state index contributed by atoms with van der Waals surface area (Å²) in [4.78, 5) is 34.1. The molecule has 10 heteroatoms. The molecule has 1 amide bonds. The number of sulfone groups is 1. The Bertz CT molecular complexity index is 1600. The van der Waals surface area contributed by atoms with Gasteiger partial charge in [0.25, 0.3) is 5.19 Å². The summed E-state index contributed by atoms with van der Waals surface area (Å²) in [5, 5.41) is 0.592. The quantitative estimate of drug-likeness (QED) is 0.223. The summed E-state index contributed by atoms with van der Waals surface area (Å²) in [5.41, 5.74) is 4.36. The van der Waals surface area contributed by atoms with Crippen molar-refractivity contribution in [1.82, 2.24) is 4.98 Å². The minimum Gasteiger partial charge on any atom is -0.496 e. The third-order valence-electron chi connectivity index (χ3n) is 9.48. The van der Waals surface area contributed by atoms with Crippen molar-refractivity contribution in [3.63, 3.8) is 0 Å². The number of hydrogen-bond donors (Lipinski definition) is 0. The molecule has 45 heavy (non-hydrogen) atoms. The van der Waals surface area contributed by atoms with Gasteiger partial charge in [0, 0.05) is 36.5 Å². The van der Waals surface area contributed by atoms with Crippen LogP contribution in [0, 0.1) is 24.7 Å². The van der Waals surface area contributed by atoms with Gasteiger partial charge in [-0.25, -0.2) is 13.4 Å². The summed E-state index contributed by atoms with van der Waals surface area (Å²) in [6.07, 6.45) is 9.40. The van der Waals surface area contributed by atoms with E-state index >= 15 is 0 Å². The van der Waals surface area contributed by atoms with Crippen molar-refractivity contribution in [1.29, 1.82) is 0 Å². The fraction of sp³-hybridized carbons (Fsp3) is 0.514. The molecule has 2 saturated carbocycles. The van der Waals surface area contributed by atoms with Crippen molar-refractivity contribution < 1.29 is 27.5 Å². The number of ether oxygens (including phenoxy) is 2. The van der Waals surface area contributed by atoms with Gasteiger partial charge in [0.05, 0.1) is 19.1 Å². The number of carbonyl (C=O) groups excluding carboxylic acids is 2. The van der Waals surface area contributed by atoms with Gasteiger partial charge in [-0.1, -0.05) is 35.6 Å². The van der Waals surface area contributed by atoms with Gasteiger partial charge in [0.15, 0.2) is 15.6 Å². The first-order valence-electron chi connectivity index (χ1n) is 15.8. The van der Waals surface area contributed by atoms with Crippen LogP contribution in [0.2, 0.25) is 0 Å². The van der Waals surface area contributed by atoms with Crippen molar-refractivity contribution >= 4 is 38.6 Å². The molecule has 5 rings (SSSR count). The van der Waals surface area contributed by atoms with Crippen LogP contribution in [0.25, 0.3) is 10.4 Å². The van der Waals surface area contributed by atoms with Crippen LogP contribution < -0.4 is 14.4 Å². The van der Waals surface area contributed by atoms with Crippen LogP contribution in [0.15, 0.2) is 48.7 Å². The number of thiazole rings is 1. The Balaban J connectivity index is 1.32. The van der Waals surface area contributed by atoms with E-state index in [1.807, 2.05) is 23.1 Å². The van der Waals surface area contributed by atoms with E-state index in [0.717, 1.165) is 59.4 Å². The van der Waals surface area contributed by atoms with Gasteiger partial charge >= 0.3 is 0 Å². The fourth-order valence-corrected chi connectivity index (χ4v) is 8.47. The molecule has 0 saturated heterocycles. The first kappa shape index (κ1) is 33.1. The maximum absolute atomic E-state index is 14.3. The average molecular weight is 653 g/mol. The predicted octanol–water partition coefficient (Wildman–Crippen LogP) is 6.86. The second-order valence-electron chi connectivity index (χ2n) is 12.7. The number of anilines is 1. The van der Waals surface area contributed by atoms with Crippen LogP contribution in [0.4, 0.5) is 5.69 Å². The van der Waals surface area contributed by atoms with Gasteiger partial charge in [0.2, 0.25) is 5.91 Å². The van der Waals surface area contributed by atoms with E-state index in [0.29, 0.717) is 49.3 Å². The lowest BCUT2D eigenvalue weighted by atomic mass is 9.77. The Kier molecular flexibility index (Phi) is 10.6. The number of hydrogen-bond acceptors (Lipinski definition) is 8. The highest BCUT2D eigenvalue weighted by Gasteiger charge is 2.35. The summed E-state index contributed by atoms with van der Waals surface area (Å²) in [6, 6.07) is 14.6. The van der Waals surface area contributed by atoms with E-state index in [1.165, 1.54) is 16.9 Å². The van der Waals surface area contributed by atoms with Gasteiger partial charge in [-0.3, -0.25) is 9.59 Å². The highest BCUT2D eigenvalue weighted by Crippen LogP contribution is 2.40. The molecule has 0 aliphatic heterocycles. The Hall–Kier alpha value is -3.24. The first-order valence-corrected chi connectivity index (χ1v) is 18.7. The molecule has 0 spiro atoms. The summed E-state index contributed by atoms with van der Waals surface area (Å²) in [7, 11) is -0.0574. The number of carbonyl (C=O) groups is 2. The molecule has 1 aromatic heterocycles. The van der Waals surface area contributed by atoms with Crippen LogP contribution in [-0.2, 0) is 19.4 Å². The maximum Gasteiger partial charge on any atom is 0.273 e. The lowest BCUT2D eigenvalue weighted by Gasteiger charge is -2.36. The Morgan fingerprint density at radius 3 is 2.27 bits per heavy atom. The molecule has 2 aliphatic carbocycles. The lowest BCUT2D eigenvalue weighted by molar-refractivity contribution is -0.127. The molecule has 0 unspecified atom stereocenters. The maximum atomic E-state index is 14.3. The molecule has 0 radical (unpaired) electrons. The zero-order valence-corrected chi connectivity index (χ0v) is 28.3. The molecule has 8 nitrogen and oxygen atoms in total. The van der Waals surface area contributed by atoms with Crippen molar-refractivity contribution in [2.24, 2.45) is 17.8 Å². The topological polar surface area (TPSA) is 103 Å². The van der Waals surface area contributed by atoms with Gasteiger partial charge < -0.3 is 14.4 Å². The number of amides is 1. The number of methoxy groups -OCH3 is 2. The van der Waals surface area contributed by atoms with Crippen LogP contribution in [0.3, 0.4) is 0 Å². The molecular weight excluding hydrogens is 609 g/mol. The number of Topliss-reactive ketones (excluding diaryl/α,β-unsaturated/α-hetero) is 1. The highest BCUT2D eigenvalue weighted by molar-refractivity contribution is 7.91. The van der Waals surface area contributed by atoms with Gasteiger partial charge in [-0.2, -0.15) is 0 Å². The summed E-state index contributed by atoms with van der Waals surface area (Å²) in [6.45, 7) is 2.73. The second-order valence-corrected chi connectivity index (χ2v) is 15.9.